The molecule has 5 rings (SSSR count). The Morgan fingerprint density at radius 3 is 2.94 bits per heavy atom. The van der Waals surface area contributed by atoms with Crippen LogP contribution in [0.4, 0.5) is 0 Å². The summed E-state index contributed by atoms with van der Waals surface area (Å²) >= 11 is 3.14. The van der Waals surface area contributed by atoms with Gasteiger partial charge in [0.15, 0.2) is 5.16 Å². The van der Waals surface area contributed by atoms with Crippen molar-refractivity contribution in [1.82, 2.24) is 24.6 Å². The van der Waals surface area contributed by atoms with Crippen LogP contribution in [0, 0.1) is 0 Å². The van der Waals surface area contributed by atoms with Gasteiger partial charge < -0.3 is 9.64 Å². The summed E-state index contributed by atoms with van der Waals surface area (Å²) in [6.45, 7) is 1.51. The van der Waals surface area contributed by atoms with E-state index in [1.54, 1.807) is 24.8 Å². The lowest BCUT2D eigenvalue weighted by molar-refractivity contribution is -0.129. The molecule has 0 saturated carbocycles. The first-order chi connectivity index (χ1) is 15.7. The molecule has 1 saturated heterocycles. The average molecular weight is 466 g/mol. The van der Waals surface area contributed by atoms with Gasteiger partial charge in [0.2, 0.25) is 5.91 Å². The van der Waals surface area contributed by atoms with Crippen LogP contribution >= 0.6 is 23.1 Å². The number of para-hydroxylation sites is 3. The Kier molecular flexibility index (Phi) is 6.09. The number of likely N-dealkylation sites (tertiary alicyclic amines) is 1. The minimum atomic E-state index is 0.121. The van der Waals surface area contributed by atoms with E-state index < -0.39 is 0 Å². The summed E-state index contributed by atoms with van der Waals surface area (Å²) in [7, 11) is 1.64. The molecule has 1 fully saturated rings. The lowest BCUT2D eigenvalue weighted by atomic mass is 9.99. The van der Waals surface area contributed by atoms with Gasteiger partial charge in [-0.2, -0.15) is 0 Å². The highest BCUT2D eigenvalue weighted by molar-refractivity contribution is 7.99. The second kappa shape index (κ2) is 9.30. The summed E-state index contributed by atoms with van der Waals surface area (Å²) in [5, 5.41) is 10.1. The van der Waals surface area contributed by atoms with Crippen LogP contribution in [0.2, 0.25) is 0 Å². The summed E-state index contributed by atoms with van der Waals surface area (Å²) in [5.41, 5.74) is 1.89. The summed E-state index contributed by atoms with van der Waals surface area (Å²) in [6, 6.07) is 15.9. The molecule has 2 aromatic heterocycles. The third kappa shape index (κ3) is 4.22. The van der Waals surface area contributed by atoms with Crippen LogP contribution in [0.25, 0.3) is 15.9 Å². The molecule has 1 aliphatic heterocycles. The summed E-state index contributed by atoms with van der Waals surface area (Å²) in [4.78, 5) is 19.8. The molecule has 9 heteroatoms. The maximum Gasteiger partial charge on any atom is 0.233 e. The molecule has 1 aliphatic rings. The number of carbonyl (C=O) groups excluding carboxylic acids is 1. The first-order valence-electron chi connectivity index (χ1n) is 10.5. The number of rotatable bonds is 6. The monoisotopic (exact) mass is 465 g/mol. The van der Waals surface area contributed by atoms with Crippen LogP contribution < -0.4 is 4.74 Å². The number of aromatic nitrogens is 4. The minimum Gasteiger partial charge on any atom is -0.495 e. The normalized spacial score (nSPS) is 16.4. The van der Waals surface area contributed by atoms with E-state index in [2.05, 4.69) is 22.3 Å². The smallest absolute Gasteiger partial charge is 0.233 e. The van der Waals surface area contributed by atoms with Crippen LogP contribution in [0.1, 0.15) is 23.8 Å². The molecule has 0 aliphatic carbocycles. The number of thioether (sulfide) groups is 1. The fourth-order valence-corrected chi connectivity index (χ4v) is 5.92. The number of carbonyl (C=O) groups is 1. The number of amides is 1. The molecular weight excluding hydrogens is 442 g/mol. The lowest BCUT2D eigenvalue weighted by Crippen LogP contribution is -2.40. The van der Waals surface area contributed by atoms with Crippen LogP contribution in [-0.2, 0) is 4.79 Å². The summed E-state index contributed by atoms with van der Waals surface area (Å²) < 4.78 is 8.52. The van der Waals surface area contributed by atoms with E-state index in [-0.39, 0.29) is 5.91 Å². The third-order valence-corrected chi connectivity index (χ3v) is 7.75. The van der Waals surface area contributed by atoms with Gasteiger partial charge in [-0.15, -0.1) is 21.5 Å². The van der Waals surface area contributed by atoms with Gasteiger partial charge in [-0.3, -0.25) is 9.36 Å². The first-order valence-corrected chi connectivity index (χ1v) is 12.3. The number of hydrogen-bond donors (Lipinski definition) is 0. The average Bonchev–Trinajstić information content (AvgIpc) is 3.49. The highest BCUT2D eigenvalue weighted by Crippen LogP contribution is 2.33. The van der Waals surface area contributed by atoms with E-state index in [0.717, 1.165) is 47.9 Å². The Bertz CT molecular complexity index is 1200. The van der Waals surface area contributed by atoms with E-state index in [0.29, 0.717) is 16.8 Å². The van der Waals surface area contributed by atoms with Gasteiger partial charge in [-0.1, -0.05) is 36.0 Å². The second-order valence-corrected chi connectivity index (χ2v) is 9.65. The zero-order chi connectivity index (χ0) is 21.9. The van der Waals surface area contributed by atoms with Gasteiger partial charge >= 0.3 is 0 Å². The van der Waals surface area contributed by atoms with Gasteiger partial charge in [0.1, 0.15) is 12.1 Å². The number of hydrogen-bond acceptors (Lipinski definition) is 7. The minimum absolute atomic E-state index is 0.121. The molecule has 2 aromatic carbocycles. The van der Waals surface area contributed by atoms with Gasteiger partial charge in [0.05, 0.1) is 33.8 Å². The molecule has 4 aromatic rings. The molecule has 0 N–H and O–H groups in total. The molecule has 1 atom stereocenters. The maximum atomic E-state index is 13.0. The third-order valence-electron chi connectivity index (χ3n) is 5.62. The van der Waals surface area contributed by atoms with Crippen molar-refractivity contribution < 1.29 is 9.53 Å². The number of ether oxygens (including phenoxy) is 1. The van der Waals surface area contributed by atoms with E-state index in [1.165, 1.54) is 16.5 Å². The van der Waals surface area contributed by atoms with Gasteiger partial charge in [0, 0.05) is 19.0 Å². The molecular formula is C23H23N5O2S2. The number of piperidine rings is 1. The largest absolute Gasteiger partial charge is 0.495 e. The standard InChI is InChI=1S/C23H23N5O2S2/c1-30-19-10-4-3-9-18(19)28-15-24-26-23(28)31-14-21(29)27-12-6-7-16(13-27)22-25-17-8-2-5-11-20(17)32-22/h2-5,8-11,15-16H,6-7,12-14H2,1H3/t16-/m1/s1. The zero-order valence-electron chi connectivity index (χ0n) is 17.7. The van der Waals surface area contributed by atoms with Crippen LogP contribution in [0.15, 0.2) is 60.0 Å². The van der Waals surface area contributed by atoms with Crippen molar-refractivity contribution in [3.63, 3.8) is 0 Å². The van der Waals surface area contributed by atoms with Crippen molar-refractivity contribution in [1.29, 1.82) is 0 Å². The van der Waals surface area contributed by atoms with Crippen molar-refractivity contribution in [3.8, 4) is 11.4 Å². The molecule has 0 unspecified atom stereocenters. The lowest BCUT2D eigenvalue weighted by Gasteiger charge is -2.31. The van der Waals surface area contributed by atoms with E-state index >= 15 is 0 Å². The molecule has 164 valence electrons. The van der Waals surface area contributed by atoms with Crippen molar-refractivity contribution in [2.75, 3.05) is 26.0 Å². The van der Waals surface area contributed by atoms with E-state index in [9.17, 15) is 4.79 Å². The number of nitrogens with zero attached hydrogens (tertiary/aromatic N) is 5. The van der Waals surface area contributed by atoms with Crippen LogP contribution in [0.3, 0.4) is 0 Å². The Labute approximate surface area is 194 Å². The highest BCUT2D eigenvalue weighted by Gasteiger charge is 2.27. The zero-order valence-corrected chi connectivity index (χ0v) is 19.3. The topological polar surface area (TPSA) is 73.1 Å². The van der Waals surface area contributed by atoms with Crippen molar-refractivity contribution in [2.24, 2.45) is 0 Å². The second-order valence-electron chi connectivity index (χ2n) is 7.64. The van der Waals surface area contributed by atoms with Crippen LogP contribution in [-0.4, -0.2) is 56.5 Å². The Morgan fingerprint density at radius 2 is 2.06 bits per heavy atom. The van der Waals surface area contributed by atoms with Crippen LogP contribution in [0.5, 0.6) is 5.75 Å². The number of benzene rings is 2. The molecule has 0 spiro atoms. The van der Waals surface area contributed by atoms with Crippen molar-refractivity contribution in [2.45, 2.75) is 23.9 Å². The Morgan fingerprint density at radius 1 is 1.22 bits per heavy atom. The predicted octanol–water partition coefficient (Wildman–Crippen LogP) is 4.38. The van der Waals surface area contributed by atoms with E-state index in [4.69, 9.17) is 9.72 Å². The molecule has 3 heterocycles. The van der Waals surface area contributed by atoms with Gasteiger partial charge in [-0.25, -0.2) is 4.98 Å². The quantitative estimate of drug-likeness (QED) is 0.394. The molecule has 0 radical (unpaired) electrons. The van der Waals surface area contributed by atoms with E-state index in [1.807, 2.05) is 45.9 Å². The van der Waals surface area contributed by atoms with Gasteiger partial charge in [0.25, 0.3) is 0 Å². The highest BCUT2D eigenvalue weighted by atomic mass is 32.2. The summed E-state index contributed by atoms with van der Waals surface area (Å²) in [6.07, 6.45) is 3.71. The first kappa shape index (κ1) is 21.0. The number of methoxy groups -OCH3 is 1. The molecule has 7 nitrogen and oxygen atoms in total. The fraction of sp³-hybridized carbons (Fsp3) is 0.304. The van der Waals surface area contributed by atoms with Crippen molar-refractivity contribution in [3.05, 3.63) is 59.9 Å². The Hall–Kier alpha value is -2.91. The Balaban J connectivity index is 1.25. The fourth-order valence-electron chi connectivity index (χ4n) is 4.00. The van der Waals surface area contributed by atoms with Gasteiger partial charge in [-0.05, 0) is 37.1 Å². The SMILES string of the molecule is COc1ccccc1-n1cnnc1SCC(=O)N1CCC[C@@H](c2nc3ccccc3s2)C1. The molecule has 32 heavy (non-hydrogen) atoms. The van der Waals surface area contributed by atoms with Crippen molar-refractivity contribution >= 4 is 39.2 Å². The number of fused-ring (bicyclic) bond motifs is 1. The molecule has 0 bridgehead atoms. The summed E-state index contributed by atoms with van der Waals surface area (Å²) in [5.74, 6) is 1.47. The maximum absolute atomic E-state index is 13.0. The molecule has 1 amide bonds. The number of thiazole rings is 1. The predicted molar refractivity (Wildman–Crippen MR) is 127 cm³/mol.